The number of nitrogens with one attached hydrogen (secondary N) is 1. The molecule has 0 saturated carbocycles. The van der Waals surface area contributed by atoms with E-state index in [4.69, 9.17) is 14.6 Å². The van der Waals surface area contributed by atoms with E-state index in [2.05, 4.69) is 24.4 Å². The quantitative estimate of drug-likeness (QED) is 0.559. The molecule has 0 radical (unpaired) electrons. The van der Waals surface area contributed by atoms with E-state index in [0.717, 1.165) is 22.4 Å². The van der Waals surface area contributed by atoms with Crippen molar-refractivity contribution in [2.75, 3.05) is 7.11 Å². The number of para-hydroxylation sites is 1. The van der Waals surface area contributed by atoms with Crippen LogP contribution in [0.5, 0.6) is 11.5 Å². The van der Waals surface area contributed by atoms with Crippen LogP contribution in [0.15, 0.2) is 66.7 Å². The second kappa shape index (κ2) is 9.75. The highest BCUT2D eigenvalue weighted by Crippen LogP contribution is 2.32. The minimum absolute atomic E-state index is 0.286. The highest BCUT2D eigenvalue weighted by Gasteiger charge is 2.11. The summed E-state index contributed by atoms with van der Waals surface area (Å²) in [5.41, 5.74) is 4.62. The third-order valence-corrected chi connectivity index (χ3v) is 4.76. The van der Waals surface area contributed by atoms with E-state index >= 15 is 0 Å². The van der Waals surface area contributed by atoms with Crippen molar-refractivity contribution in [2.24, 2.45) is 0 Å². The Kier molecular flexibility index (Phi) is 6.87. The fourth-order valence-corrected chi connectivity index (χ4v) is 3.05. The van der Waals surface area contributed by atoms with Crippen molar-refractivity contribution < 1.29 is 19.4 Å². The number of rotatable bonds is 9. The molecule has 0 aromatic heterocycles. The summed E-state index contributed by atoms with van der Waals surface area (Å²) >= 11 is 0. The number of carbonyl (C=O) groups is 1. The molecule has 0 unspecified atom stereocenters. The summed E-state index contributed by atoms with van der Waals surface area (Å²) in [5, 5.41) is 12.4. The molecule has 0 amide bonds. The first kappa shape index (κ1) is 20.4. The third kappa shape index (κ3) is 5.36. The van der Waals surface area contributed by atoms with E-state index in [1.807, 2.05) is 42.5 Å². The average Bonchev–Trinajstić information content (AvgIpc) is 2.74. The molecule has 0 heterocycles. The molecule has 0 saturated heterocycles. The number of hydrogen-bond donors (Lipinski definition) is 2. The summed E-state index contributed by atoms with van der Waals surface area (Å²) in [6.45, 7) is 3.76. The molecular formula is C24H25NO4. The van der Waals surface area contributed by atoms with E-state index < -0.39 is 5.97 Å². The topological polar surface area (TPSA) is 67.8 Å². The molecule has 3 aromatic rings. The number of carboxylic acids is 1. The highest BCUT2D eigenvalue weighted by atomic mass is 16.5. The van der Waals surface area contributed by atoms with Crippen LogP contribution in [0.4, 0.5) is 0 Å². The Hall–Kier alpha value is -3.31. The van der Waals surface area contributed by atoms with Gasteiger partial charge in [0, 0.05) is 18.7 Å². The number of methoxy groups -OCH3 is 1. The van der Waals surface area contributed by atoms with E-state index in [1.54, 1.807) is 19.2 Å². The zero-order valence-electron chi connectivity index (χ0n) is 16.6. The number of aromatic carboxylic acids is 1. The molecule has 0 aliphatic heterocycles. The molecule has 0 spiro atoms. The van der Waals surface area contributed by atoms with Gasteiger partial charge in [-0.3, -0.25) is 0 Å². The summed E-state index contributed by atoms with van der Waals surface area (Å²) in [5.74, 6) is 0.506. The van der Waals surface area contributed by atoms with Gasteiger partial charge >= 0.3 is 5.97 Å². The predicted molar refractivity (Wildman–Crippen MR) is 112 cm³/mol. The maximum absolute atomic E-state index is 11.0. The first-order valence-electron chi connectivity index (χ1n) is 9.44. The normalized spacial score (nSPS) is 10.6. The lowest BCUT2D eigenvalue weighted by Gasteiger charge is -2.16. The molecule has 0 aliphatic rings. The molecule has 0 aliphatic carbocycles. The van der Waals surface area contributed by atoms with Crippen LogP contribution in [0, 0.1) is 6.92 Å². The van der Waals surface area contributed by atoms with Gasteiger partial charge in [-0.1, -0.05) is 48.5 Å². The Morgan fingerprint density at radius 1 is 0.931 bits per heavy atom. The van der Waals surface area contributed by atoms with E-state index in [-0.39, 0.29) is 5.56 Å². The Morgan fingerprint density at radius 3 is 2.34 bits per heavy atom. The maximum Gasteiger partial charge on any atom is 0.335 e. The molecular weight excluding hydrogens is 366 g/mol. The lowest BCUT2D eigenvalue weighted by atomic mass is 10.1. The van der Waals surface area contributed by atoms with Crippen molar-refractivity contribution in [1.82, 2.24) is 5.32 Å². The standard InChI is InChI=1S/C24H25NO4/c1-17-6-3-4-7-21(17)16-29-23-20(8-5-9-22(23)28-2)15-25-14-18-10-12-19(13-11-18)24(26)27/h3-13,25H,14-16H2,1-2H3,(H,26,27). The Bertz CT molecular complexity index is 967. The van der Waals surface area contributed by atoms with Crippen LogP contribution in [0.1, 0.15) is 32.6 Å². The van der Waals surface area contributed by atoms with Gasteiger partial charge in [0.25, 0.3) is 0 Å². The van der Waals surface area contributed by atoms with Crippen LogP contribution < -0.4 is 14.8 Å². The van der Waals surface area contributed by atoms with Gasteiger partial charge in [-0.15, -0.1) is 0 Å². The Morgan fingerprint density at radius 2 is 1.66 bits per heavy atom. The number of hydrogen-bond acceptors (Lipinski definition) is 4. The monoisotopic (exact) mass is 391 g/mol. The average molecular weight is 391 g/mol. The van der Waals surface area contributed by atoms with Crippen molar-refractivity contribution in [3.05, 3.63) is 94.5 Å². The first-order chi connectivity index (χ1) is 14.1. The van der Waals surface area contributed by atoms with Crippen LogP contribution >= 0.6 is 0 Å². The summed E-state index contributed by atoms with van der Waals surface area (Å²) in [7, 11) is 1.64. The number of benzene rings is 3. The van der Waals surface area contributed by atoms with Crippen LogP contribution in [0.2, 0.25) is 0 Å². The Balaban J connectivity index is 1.67. The van der Waals surface area contributed by atoms with Crippen LogP contribution in [0.3, 0.4) is 0 Å². The fourth-order valence-electron chi connectivity index (χ4n) is 3.05. The van der Waals surface area contributed by atoms with Crippen molar-refractivity contribution in [3.8, 4) is 11.5 Å². The Labute approximate surface area is 170 Å². The number of aryl methyl sites for hydroxylation is 1. The molecule has 5 nitrogen and oxygen atoms in total. The minimum Gasteiger partial charge on any atom is -0.493 e. The van der Waals surface area contributed by atoms with E-state index in [9.17, 15) is 4.79 Å². The predicted octanol–water partition coefficient (Wildman–Crippen LogP) is 4.57. The van der Waals surface area contributed by atoms with Gasteiger partial charge in [0.15, 0.2) is 11.5 Å². The van der Waals surface area contributed by atoms with Crippen molar-refractivity contribution in [2.45, 2.75) is 26.6 Å². The van der Waals surface area contributed by atoms with Crippen molar-refractivity contribution in [1.29, 1.82) is 0 Å². The largest absolute Gasteiger partial charge is 0.493 e. The second-order valence-electron chi connectivity index (χ2n) is 6.77. The SMILES string of the molecule is COc1cccc(CNCc2ccc(C(=O)O)cc2)c1OCc1ccccc1C. The smallest absolute Gasteiger partial charge is 0.335 e. The van der Waals surface area contributed by atoms with Crippen LogP contribution in [-0.4, -0.2) is 18.2 Å². The molecule has 0 atom stereocenters. The third-order valence-electron chi connectivity index (χ3n) is 4.76. The molecule has 3 rings (SSSR count). The van der Waals surface area contributed by atoms with E-state index in [0.29, 0.717) is 25.4 Å². The van der Waals surface area contributed by atoms with Gasteiger partial charge in [-0.2, -0.15) is 0 Å². The van der Waals surface area contributed by atoms with Gasteiger partial charge in [0.05, 0.1) is 12.7 Å². The molecule has 2 N–H and O–H groups in total. The minimum atomic E-state index is -0.920. The zero-order chi connectivity index (χ0) is 20.6. The van der Waals surface area contributed by atoms with Gasteiger partial charge in [-0.25, -0.2) is 4.79 Å². The van der Waals surface area contributed by atoms with Gasteiger partial charge in [-0.05, 0) is 41.8 Å². The van der Waals surface area contributed by atoms with Gasteiger partial charge in [0.1, 0.15) is 6.61 Å². The lowest BCUT2D eigenvalue weighted by molar-refractivity contribution is 0.0697. The maximum atomic E-state index is 11.0. The molecule has 150 valence electrons. The molecule has 3 aromatic carbocycles. The van der Waals surface area contributed by atoms with Gasteiger partial charge in [0.2, 0.25) is 0 Å². The summed E-state index contributed by atoms with van der Waals surface area (Å²) in [6.07, 6.45) is 0. The van der Waals surface area contributed by atoms with E-state index in [1.165, 1.54) is 5.56 Å². The highest BCUT2D eigenvalue weighted by molar-refractivity contribution is 5.87. The van der Waals surface area contributed by atoms with Crippen LogP contribution in [-0.2, 0) is 19.7 Å². The number of carboxylic acid groups (broad SMARTS) is 1. The lowest BCUT2D eigenvalue weighted by Crippen LogP contribution is -2.14. The molecule has 0 fully saturated rings. The summed E-state index contributed by atoms with van der Waals surface area (Å²) in [6, 6.07) is 20.9. The number of ether oxygens (including phenoxy) is 2. The van der Waals surface area contributed by atoms with Crippen LogP contribution in [0.25, 0.3) is 0 Å². The molecule has 29 heavy (non-hydrogen) atoms. The van der Waals surface area contributed by atoms with Crippen molar-refractivity contribution >= 4 is 5.97 Å². The summed E-state index contributed by atoms with van der Waals surface area (Å²) in [4.78, 5) is 11.0. The second-order valence-corrected chi connectivity index (χ2v) is 6.77. The molecule has 0 bridgehead atoms. The van der Waals surface area contributed by atoms with Gasteiger partial charge < -0.3 is 19.9 Å². The molecule has 5 heteroatoms. The fraction of sp³-hybridized carbons (Fsp3) is 0.208. The summed E-state index contributed by atoms with van der Waals surface area (Å²) < 4.78 is 11.6. The van der Waals surface area contributed by atoms with Crippen molar-refractivity contribution in [3.63, 3.8) is 0 Å². The first-order valence-corrected chi connectivity index (χ1v) is 9.44. The zero-order valence-corrected chi connectivity index (χ0v) is 16.6.